The highest BCUT2D eigenvalue weighted by Crippen LogP contribution is 2.46. The topological polar surface area (TPSA) is 48.0 Å². The van der Waals surface area contributed by atoms with Crippen molar-refractivity contribution in [3.63, 3.8) is 0 Å². The lowest BCUT2D eigenvalue weighted by atomic mass is 9.92. The molecule has 11 aromatic rings. The van der Waals surface area contributed by atoms with E-state index in [4.69, 9.17) is 9.97 Å². The molecule has 0 N–H and O–H groups in total. The molecule has 0 saturated carbocycles. The van der Waals surface area contributed by atoms with Gasteiger partial charge in [-0.2, -0.15) is 0 Å². The predicted molar refractivity (Wildman–Crippen MR) is 230 cm³/mol. The summed E-state index contributed by atoms with van der Waals surface area (Å²) in [5.74, 6) is 0.859. The molecular formula is C51H33N5. The fourth-order valence-corrected chi connectivity index (χ4v) is 8.32. The van der Waals surface area contributed by atoms with Gasteiger partial charge in [-0.1, -0.05) is 140 Å². The standard InChI is InChI=1S/C51H33N5/c1-3-11-37(12-4-1)49-44-27-25-42-40-16-9-15-39(34-20-22-35(23-21-34)46-33-55-32-8-7-18-47(55)54-46)41(40)24-26-43(42)51(44)56(50(49)38-13-5-2-6-14-38)48-19-10-17-45(53-48)36-28-30-52-31-29-36/h1-33H. The van der Waals surface area contributed by atoms with E-state index in [2.05, 4.69) is 166 Å². The van der Waals surface area contributed by atoms with Gasteiger partial charge in [-0.25, -0.2) is 9.97 Å². The fourth-order valence-electron chi connectivity index (χ4n) is 8.32. The zero-order chi connectivity index (χ0) is 37.0. The van der Waals surface area contributed by atoms with Gasteiger partial charge in [-0.15, -0.1) is 0 Å². The van der Waals surface area contributed by atoms with E-state index < -0.39 is 0 Å². The third-order valence-electron chi connectivity index (χ3n) is 10.9. The van der Waals surface area contributed by atoms with Crippen LogP contribution in [0.25, 0.3) is 99.9 Å². The average Bonchev–Trinajstić information content (AvgIpc) is 3.87. The van der Waals surface area contributed by atoms with Crippen LogP contribution in [0, 0.1) is 0 Å². The highest BCUT2D eigenvalue weighted by molar-refractivity contribution is 6.22. The summed E-state index contributed by atoms with van der Waals surface area (Å²) in [7, 11) is 0. The normalized spacial score (nSPS) is 11.6. The maximum atomic E-state index is 5.35. The number of hydrogen-bond acceptors (Lipinski definition) is 3. The molecule has 0 aliphatic rings. The molecule has 0 aliphatic heterocycles. The highest BCUT2D eigenvalue weighted by Gasteiger charge is 2.24. The molecule has 0 bridgehead atoms. The number of fused-ring (bicyclic) bond motifs is 6. The average molecular weight is 716 g/mol. The van der Waals surface area contributed by atoms with E-state index in [9.17, 15) is 0 Å². The van der Waals surface area contributed by atoms with Gasteiger partial charge in [0.2, 0.25) is 0 Å². The van der Waals surface area contributed by atoms with E-state index in [1.54, 1.807) is 0 Å². The summed E-state index contributed by atoms with van der Waals surface area (Å²) in [6, 6.07) is 62.5. The van der Waals surface area contributed by atoms with Crippen molar-refractivity contribution >= 4 is 38.1 Å². The third-order valence-corrected chi connectivity index (χ3v) is 10.9. The number of nitrogens with zero attached hydrogens (tertiary/aromatic N) is 5. The number of pyridine rings is 3. The molecule has 11 rings (SSSR count). The van der Waals surface area contributed by atoms with Crippen molar-refractivity contribution in [3.8, 4) is 61.8 Å². The van der Waals surface area contributed by atoms with E-state index in [1.165, 1.54) is 43.6 Å². The van der Waals surface area contributed by atoms with Gasteiger partial charge in [-0.3, -0.25) is 9.55 Å². The monoisotopic (exact) mass is 715 g/mol. The Kier molecular flexibility index (Phi) is 7.42. The van der Waals surface area contributed by atoms with Crippen molar-refractivity contribution in [2.24, 2.45) is 0 Å². The summed E-state index contributed by atoms with van der Waals surface area (Å²) >= 11 is 0. The van der Waals surface area contributed by atoms with Gasteiger partial charge in [0.25, 0.3) is 0 Å². The molecule has 5 nitrogen and oxygen atoms in total. The number of rotatable bonds is 6. The lowest BCUT2D eigenvalue weighted by Gasteiger charge is -2.15. The van der Waals surface area contributed by atoms with Crippen molar-refractivity contribution in [2.75, 3.05) is 0 Å². The largest absolute Gasteiger partial charge is 0.306 e. The van der Waals surface area contributed by atoms with Crippen LogP contribution in [-0.4, -0.2) is 23.9 Å². The summed E-state index contributed by atoms with van der Waals surface area (Å²) in [6.07, 6.45) is 7.76. The van der Waals surface area contributed by atoms with E-state index in [1.807, 2.05) is 48.9 Å². The molecule has 56 heavy (non-hydrogen) atoms. The first-order chi connectivity index (χ1) is 27.8. The third kappa shape index (κ3) is 5.21. The summed E-state index contributed by atoms with van der Waals surface area (Å²) in [5, 5.41) is 5.96. The zero-order valence-corrected chi connectivity index (χ0v) is 30.3. The van der Waals surface area contributed by atoms with Crippen LogP contribution in [0.15, 0.2) is 201 Å². The van der Waals surface area contributed by atoms with Crippen molar-refractivity contribution in [1.82, 2.24) is 23.9 Å². The maximum absolute atomic E-state index is 5.35. The number of benzene rings is 6. The fraction of sp³-hybridized carbons (Fsp3) is 0. The van der Waals surface area contributed by atoms with Crippen molar-refractivity contribution in [3.05, 3.63) is 201 Å². The molecule has 0 amide bonds. The summed E-state index contributed by atoms with van der Waals surface area (Å²) in [4.78, 5) is 14.4. The number of imidazole rings is 1. The van der Waals surface area contributed by atoms with Gasteiger partial charge < -0.3 is 4.40 Å². The van der Waals surface area contributed by atoms with Crippen LogP contribution in [0.2, 0.25) is 0 Å². The predicted octanol–water partition coefficient (Wildman–Crippen LogP) is 12.7. The molecule has 0 unspecified atom stereocenters. The molecule has 5 aromatic heterocycles. The Balaban J connectivity index is 1.15. The maximum Gasteiger partial charge on any atom is 0.138 e. The minimum atomic E-state index is 0.859. The molecule has 262 valence electrons. The first-order valence-electron chi connectivity index (χ1n) is 18.8. The van der Waals surface area contributed by atoms with Crippen LogP contribution in [0.4, 0.5) is 0 Å². The van der Waals surface area contributed by atoms with E-state index >= 15 is 0 Å². The highest BCUT2D eigenvalue weighted by atomic mass is 15.1. The van der Waals surface area contributed by atoms with Crippen LogP contribution in [-0.2, 0) is 0 Å². The SMILES string of the molecule is c1ccc(-c2c(-c3ccccc3)n(-c3cccc(-c4ccncc4)n3)c3c2ccc2c4cccc(-c5ccc(-c6cn7ccccc7n6)cc5)c4ccc23)cc1. The number of aromatic nitrogens is 5. The second kappa shape index (κ2) is 13.0. The van der Waals surface area contributed by atoms with Crippen LogP contribution in [0.5, 0.6) is 0 Å². The summed E-state index contributed by atoms with van der Waals surface area (Å²) in [6.45, 7) is 0. The molecule has 0 aliphatic carbocycles. The van der Waals surface area contributed by atoms with Gasteiger partial charge in [0.05, 0.1) is 22.6 Å². The van der Waals surface area contributed by atoms with Crippen molar-refractivity contribution in [1.29, 1.82) is 0 Å². The van der Waals surface area contributed by atoms with Crippen LogP contribution in [0.1, 0.15) is 0 Å². The smallest absolute Gasteiger partial charge is 0.138 e. The van der Waals surface area contributed by atoms with Gasteiger partial charge in [0, 0.05) is 52.3 Å². The molecule has 6 aromatic carbocycles. The summed E-state index contributed by atoms with van der Waals surface area (Å²) < 4.78 is 4.44. The molecular weight excluding hydrogens is 683 g/mol. The second-order valence-electron chi connectivity index (χ2n) is 14.1. The van der Waals surface area contributed by atoms with Crippen LogP contribution in [0.3, 0.4) is 0 Å². The Morgan fingerprint density at radius 2 is 1.05 bits per heavy atom. The molecule has 0 radical (unpaired) electrons. The Bertz CT molecular complexity index is 3190. The van der Waals surface area contributed by atoms with Gasteiger partial charge in [0.1, 0.15) is 11.5 Å². The molecule has 0 fully saturated rings. The lowest BCUT2D eigenvalue weighted by Crippen LogP contribution is -2.02. The quantitative estimate of drug-likeness (QED) is 0.161. The molecule has 5 heterocycles. The second-order valence-corrected chi connectivity index (χ2v) is 14.1. The zero-order valence-electron chi connectivity index (χ0n) is 30.3. The minimum Gasteiger partial charge on any atom is -0.306 e. The van der Waals surface area contributed by atoms with Crippen molar-refractivity contribution < 1.29 is 0 Å². The molecule has 0 atom stereocenters. The lowest BCUT2D eigenvalue weighted by molar-refractivity contribution is 1.06. The van der Waals surface area contributed by atoms with Crippen molar-refractivity contribution in [2.45, 2.75) is 0 Å². The van der Waals surface area contributed by atoms with Gasteiger partial charge in [0.15, 0.2) is 0 Å². The number of hydrogen-bond donors (Lipinski definition) is 0. The first-order valence-corrected chi connectivity index (χ1v) is 18.8. The Hall–Kier alpha value is -7.63. The van der Waals surface area contributed by atoms with Crippen LogP contribution < -0.4 is 0 Å². The Labute approximate surface area is 323 Å². The summed E-state index contributed by atoms with van der Waals surface area (Å²) in [5.41, 5.74) is 13.0. The van der Waals surface area contributed by atoms with Gasteiger partial charge >= 0.3 is 0 Å². The molecule has 0 spiro atoms. The van der Waals surface area contributed by atoms with Gasteiger partial charge in [-0.05, 0) is 74.8 Å². The van der Waals surface area contributed by atoms with Crippen LogP contribution >= 0.6 is 0 Å². The van der Waals surface area contributed by atoms with E-state index in [0.717, 1.165) is 56.3 Å². The minimum absolute atomic E-state index is 0.859. The molecule has 0 saturated heterocycles. The van der Waals surface area contributed by atoms with E-state index in [0.29, 0.717) is 0 Å². The van der Waals surface area contributed by atoms with E-state index in [-0.39, 0.29) is 0 Å². The Morgan fingerprint density at radius 3 is 1.86 bits per heavy atom. The molecule has 5 heteroatoms. The first kappa shape index (κ1) is 31.9. The Morgan fingerprint density at radius 1 is 0.393 bits per heavy atom.